The van der Waals surface area contributed by atoms with Crippen LogP contribution in [0.15, 0.2) is 23.2 Å². The molecule has 3 rings (SSSR count). The lowest BCUT2D eigenvalue weighted by Crippen LogP contribution is -2.19. The van der Waals surface area contributed by atoms with Crippen LogP contribution in [0.25, 0.3) is 10.2 Å². The van der Waals surface area contributed by atoms with Crippen LogP contribution in [-0.4, -0.2) is 34.0 Å². The summed E-state index contributed by atoms with van der Waals surface area (Å²) in [6.07, 6.45) is 0. The number of benzene rings is 1. The second-order valence-electron chi connectivity index (χ2n) is 6.34. The Bertz CT molecular complexity index is 1030. The molecule has 0 saturated carbocycles. The van der Waals surface area contributed by atoms with E-state index >= 15 is 0 Å². The van der Waals surface area contributed by atoms with Gasteiger partial charge in [-0.05, 0) is 57.0 Å². The van der Waals surface area contributed by atoms with Crippen molar-refractivity contribution in [1.82, 2.24) is 14.3 Å². The van der Waals surface area contributed by atoms with E-state index in [2.05, 4.69) is 40.6 Å². The van der Waals surface area contributed by atoms with Gasteiger partial charge in [0.05, 0.1) is 16.8 Å². The number of methoxy groups -OCH3 is 1. The first-order chi connectivity index (χ1) is 12.4. The molecule has 2 heterocycles. The quantitative estimate of drug-likeness (QED) is 0.691. The molecule has 3 aromatic rings. The Hall–Kier alpha value is -2.25. The number of aromatic nitrogens is 3. The van der Waals surface area contributed by atoms with E-state index in [0.717, 1.165) is 22.5 Å². The monoisotopic (exact) mass is 372 g/mol. The Morgan fingerprint density at radius 1 is 1.23 bits per heavy atom. The number of aryl methyl sites for hydroxylation is 4. The molecule has 0 aliphatic heterocycles. The number of carbonyl (C=O) groups excluding carboxylic acids is 1. The minimum absolute atomic E-state index is 0.313. The molecule has 0 radical (unpaired) electrons. The lowest BCUT2D eigenvalue weighted by molar-refractivity contribution is 0.0992. The van der Waals surface area contributed by atoms with Crippen LogP contribution < -0.4 is 4.80 Å². The van der Waals surface area contributed by atoms with Crippen LogP contribution in [0.5, 0.6) is 0 Å². The van der Waals surface area contributed by atoms with E-state index in [9.17, 15) is 4.79 Å². The maximum absolute atomic E-state index is 12.7. The van der Waals surface area contributed by atoms with Crippen molar-refractivity contribution in [1.29, 1.82) is 0 Å². The first kappa shape index (κ1) is 18.5. The number of carbonyl (C=O) groups is 1. The van der Waals surface area contributed by atoms with Crippen LogP contribution in [0.2, 0.25) is 0 Å². The zero-order chi connectivity index (χ0) is 18.8. The molecule has 0 bridgehead atoms. The number of amides is 1. The summed E-state index contributed by atoms with van der Waals surface area (Å²) in [7, 11) is 1.67. The van der Waals surface area contributed by atoms with Gasteiger partial charge in [-0.25, -0.2) is 0 Å². The molecule has 0 saturated heterocycles. The second-order valence-corrected chi connectivity index (χ2v) is 7.35. The summed E-state index contributed by atoms with van der Waals surface area (Å²) in [5.41, 5.74) is 4.87. The molecular weight excluding hydrogens is 348 g/mol. The number of fused-ring (bicyclic) bond motifs is 1. The Morgan fingerprint density at radius 2 is 1.96 bits per heavy atom. The van der Waals surface area contributed by atoms with Crippen molar-refractivity contribution >= 4 is 27.5 Å². The largest absolute Gasteiger partial charge is 0.383 e. The molecule has 26 heavy (non-hydrogen) atoms. The molecule has 6 nitrogen and oxygen atoms in total. The van der Waals surface area contributed by atoms with E-state index in [1.54, 1.807) is 17.9 Å². The smallest absolute Gasteiger partial charge is 0.300 e. The Kier molecular flexibility index (Phi) is 5.38. The van der Waals surface area contributed by atoms with Crippen LogP contribution in [0.1, 0.15) is 34.2 Å². The lowest BCUT2D eigenvalue weighted by Gasteiger charge is -2.06. The minimum Gasteiger partial charge on any atom is -0.383 e. The number of thiazole rings is 1. The third-order valence-electron chi connectivity index (χ3n) is 4.51. The average molecular weight is 372 g/mol. The topological polar surface area (TPSA) is 61.4 Å². The summed E-state index contributed by atoms with van der Waals surface area (Å²) in [4.78, 5) is 17.7. The summed E-state index contributed by atoms with van der Waals surface area (Å²) in [5.74, 6) is -0.313. The zero-order valence-electron chi connectivity index (χ0n) is 15.9. The first-order valence-corrected chi connectivity index (χ1v) is 9.49. The average Bonchev–Trinajstić information content (AvgIpc) is 3.14. The highest BCUT2D eigenvalue weighted by atomic mass is 32.1. The molecule has 0 fully saturated rings. The fourth-order valence-electron chi connectivity index (χ4n) is 2.88. The highest BCUT2D eigenvalue weighted by Crippen LogP contribution is 2.22. The molecule has 7 heteroatoms. The summed E-state index contributed by atoms with van der Waals surface area (Å²) in [6, 6.07) is 6.09. The van der Waals surface area contributed by atoms with Crippen molar-refractivity contribution in [3.8, 4) is 0 Å². The number of hydrogen-bond donors (Lipinski definition) is 0. The molecule has 1 aromatic carbocycles. The van der Waals surface area contributed by atoms with Crippen LogP contribution in [0, 0.1) is 20.8 Å². The number of nitrogens with zero attached hydrogens (tertiary/aromatic N) is 4. The van der Waals surface area contributed by atoms with Gasteiger partial charge in [-0.1, -0.05) is 11.3 Å². The summed E-state index contributed by atoms with van der Waals surface area (Å²) in [5, 5.41) is 4.34. The Morgan fingerprint density at radius 3 is 2.62 bits per heavy atom. The van der Waals surface area contributed by atoms with Gasteiger partial charge in [-0.15, -0.1) is 0 Å². The van der Waals surface area contributed by atoms with E-state index in [4.69, 9.17) is 4.74 Å². The van der Waals surface area contributed by atoms with E-state index < -0.39 is 0 Å². The maximum Gasteiger partial charge on any atom is 0.300 e. The van der Waals surface area contributed by atoms with E-state index in [1.165, 1.54) is 22.5 Å². The van der Waals surface area contributed by atoms with Gasteiger partial charge in [0.25, 0.3) is 5.91 Å². The number of rotatable bonds is 5. The molecule has 138 valence electrons. The second kappa shape index (κ2) is 7.55. The first-order valence-electron chi connectivity index (χ1n) is 8.67. The summed E-state index contributed by atoms with van der Waals surface area (Å²) >= 11 is 1.52. The molecular formula is C19H24N4O2S. The van der Waals surface area contributed by atoms with Gasteiger partial charge in [0, 0.05) is 25.9 Å². The molecule has 0 spiro atoms. The highest BCUT2D eigenvalue weighted by Gasteiger charge is 2.13. The van der Waals surface area contributed by atoms with Gasteiger partial charge >= 0.3 is 0 Å². The van der Waals surface area contributed by atoms with Crippen molar-refractivity contribution in [3.05, 3.63) is 45.5 Å². The number of ether oxygens (including phenoxy) is 1. The predicted octanol–water partition coefficient (Wildman–Crippen LogP) is 3.23. The van der Waals surface area contributed by atoms with Crippen molar-refractivity contribution in [3.63, 3.8) is 0 Å². The van der Waals surface area contributed by atoms with E-state index in [0.29, 0.717) is 23.6 Å². The van der Waals surface area contributed by atoms with Gasteiger partial charge in [-0.3, -0.25) is 9.48 Å². The third-order valence-corrected chi connectivity index (χ3v) is 5.56. The van der Waals surface area contributed by atoms with Crippen LogP contribution in [0.4, 0.5) is 0 Å². The Labute approximate surface area is 156 Å². The predicted molar refractivity (Wildman–Crippen MR) is 104 cm³/mol. The Balaban J connectivity index is 2.12. The normalized spacial score (nSPS) is 12.3. The fraction of sp³-hybridized carbons (Fsp3) is 0.421. The molecule has 1 amide bonds. The van der Waals surface area contributed by atoms with Gasteiger partial charge in [0.1, 0.15) is 0 Å². The SMILES string of the molecule is CCn1nc(C(=O)N=c2sc3cc(C)c(C)cc3n2CCOC)cc1C. The third kappa shape index (κ3) is 3.50. The fourth-order valence-corrected chi connectivity index (χ4v) is 4.02. The van der Waals surface area contributed by atoms with Gasteiger partial charge in [-0.2, -0.15) is 10.1 Å². The standard InChI is InChI=1S/C19H24N4O2S/c1-6-23-14(4)11-15(21-23)18(24)20-19-22(7-8-25-5)16-9-12(2)13(3)10-17(16)26-19/h9-11H,6-8H2,1-5H3. The van der Waals surface area contributed by atoms with E-state index in [1.807, 2.05) is 13.8 Å². The van der Waals surface area contributed by atoms with Crippen molar-refractivity contribution < 1.29 is 9.53 Å². The van der Waals surface area contributed by atoms with Gasteiger partial charge in [0.15, 0.2) is 10.5 Å². The molecule has 0 aliphatic carbocycles. The maximum atomic E-state index is 12.7. The van der Waals surface area contributed by atoms with Crippen molar-refractivity contribution in [2.75, 3.05) is 13.7 Å². The number of hydrogen-bond acceptors (Lipinski definition) is 4. The summed E-state index contributed by atoms with van der Waals surface area (Å²) < 4.78 is 10.2. The van der Waals surface area contributed by atoms with Crippen molar-refractivity contribution in [2.24, 2.45) is 4.99 Å². The van der Waals surface area contributed by atoms with Crippen molar-refractivity contribution in [2.45, 2.75) is 40.8 Å². The summed E-state index contributed by atoms with van der Waals surface area (Å²) in [6.45, 7) is 10.1. The van der Waals surface area contributed by atoms with Crippen LogP contribution in [-0.2, 0) is 17.8 Å². The molecule has 0 N–H and O–H groups in total. The highest BCUT2D eigenvalue weighted by molar-refractivity contribution is 7.16. The zero-order valence-corrected chi connectivity index (χ0v) is 16.7. The molecule has 0 atom stereocenters. The lowest BCUT2D eigenvalue weighted by atomic mass is 10.1. The van der Waals surface area contributed by atoms with Crippen LogP contribution >= 0.6 is 11.3 Å². The molecule has 2 aromatic heterocycles. The van der Waals surface area contributed by atoms with Gasteiger partial charge in [0.2, 0.25) is 0 Å². The van der Waals surface area contributed by atoms with E-state index in [-0.39, 0.29) is 5.91 Å². The van der Waals surface area contributed by atoms with Gasteiger partial charge < -0.3 is 9.30 Å². The molecule has 0 aliphatic rings. The minimum atomic E-state index is -0.313. The molecule has 0 unspecified atom stereocenters. The van der Waals surface area contributed by atoms with Crippen LogP contribution in [0.3, 0.4) is 0 Å².